The average molecular weight is 392 g/mol. The lowest BCUT2D eigenvalue weighted by Crippen LogP contribution is -2.48. The maximum atomic E-state index is 12.8. The van der Waals surface area contributed by atoms with Crippen LogP contribution in [0.1, 0.15) is 55.8 Å². The van der Waals surface area contributed by atoms with Crippen molar-refractivity contribution >= 4 is 15.9 Å². The van der Waals surface area contributed by atoms with Crippen molar-refractivity contribution in [3.63, 3.8) is 0 Å². The van der Waals surface area contributed by atoms with E-state index in [0.717, 1.165) is 25.7 Å². The molecule has 1 aromatic rings. The van der Waals surface area contributed by atoms with Crippen molar-refractivity contribution in [3.05, 3.63) is 29.8 Å². The Bertz CT molecular complexity index is 773. The van der Waals surface area contributed by atoms with E-state index in [9.17, 15) is 13.2 Å². The number of carbonyl (C=O) groups excluding carboxylic acids is 1. The first-order valence-corrected chi connectivity index (χ1v) is 11.5. The molecule has 0 spiro atoms. The number of nitrogens with zero attached hydrogens (tertiary/aromatic N) is 1. The van der Waals surface area contributed by atoms with Crippen LogP contribution in [0.2, 0.25) is 0 Å². The Labute approximate surface area is 161 Å². The number of hydrogen-bond donors (Lipinski definition) is 2. The number of piperidine rings is 2. The third-order valence-corrected chi connectivity index (χ3v) is 8.22. The van der Waals surface area contributed by atoms with Crippen molar-refractivity contribution in [1.29, 1.82) is 0 Å². The molecule has 3 aliphatic rings. The Morgan fingerprint density at radius 1 is 1.04 bits per heavy atom. The molecule has 2 atom stereocenters. The van der Waals surface area contributed by atoms with Crippen LogP contribution >= 0.6 is 0 Å². The molecule has 2 unspecified atom stereocenters. The van der Waals surface area contributed by atoms with E-state index in [1.165, 1.54) is 12.8 Å². The van der Waals surface area contributed by atoms with E-state index in [-0.39, 0.29) is 16.8 Å². The van der Waals surface area contributed by atoms with Crippen LogP contribution in [-0.2, 0) is 10.0 Å². The molecule has 1 amide bonds. The van der Waals surface area contributed by atoms with Gasteiger partial charge in [-0.1, -0.05) is 6.92 Å². The summed E-state index contributed by atoms with van der Waals surface area (Å²) in [5, 5.41) is 6.69. The summed E-state index contributed by atoms with van der Waals surface area (Å²) in [6.45, 7) is 3.30. The van der Waals surface area contributed by atoms with Gasteiger partial charge in [-0.2, -0.15) is 4.31 Å². The topological polar surface area (TPSA) is 78.5 Å². The number of carbonyl (C=O) groups is 1. The third kappa shape index (κ3) is 4.05. The lowest BCUT2D eigenvalue weighted by molar-refractivity contribution is 0.0924. The van der Waals surface area contributed by atoms with E-state index in [0.29, 0.717) is 36.7 Å². The zero-order valence-electron chi connectivity index (χ0n) is 15.9. The van der Waals surface area contributed by atoms with Crippen molar-refractivity contribution in [2.24, 2.45) is 5.92 Å². The lowest BCUT2D eigenvalue weighted by Gasteiger charge is -2.30. The SMILES string of the molecule is CC1CCN(S(=O)(=O)c2ccc(C(=O)NC3CC4CCC(C3)N4)cc2)CC1. The number of amides is 1. The van der Waals surface area contributed by atoms with Gasteiger partial charge in [-0.3, -0.25) is 4.79 Å². The van der Waals surface area contributed by atoms with Crippen LogP contribution in [0.15, 0.2) is 29.2 Å². The molecule has 1 aromatic carbocycles. The molecule has 2 N–H and O–H groups in total. The second-order valence-corrected chi connectivity index (χ2v) is 10.3. The molecule has 6 nitrogen and oxygen atoms in total. The van der Waals surface area contributed by atoms with Crippen LogP contribution in [0.3, 0.4) is 0 Å². The van der Waals surface area contributed by atoms with E-state index >= 15 is 0 Å². The standard InChI is InChI=1S/C20H29N3O3S/c1-14-8-10-23(11-9-14)27(25,26)19-6-2-15(3-7-19)20(24)22-18-12-16-4-5-17(13-18)21-16/h2-3,6-7,14,16-18,21H,4-5,8-13H2,1H3,(H,22,24). The number of hydrogen-bond acceptors (Lipinski definition) is 4. The Balaban J connectivity index is 1.40. The van der Waals surface area contributed by atoms with Gasteiger partial charge in [0.2, 0.25) is 10.0 Å². The predicted octanol–water partition coefficient (Wildman–Crippen LogP) is 2.12. The van der Waals surface area contributed by atoms with Crippen LogP contribution in [0.25, 0.3) is 0 Å². The lowest BCUT2D eigenvalue weighted by atomic mass is 9.99. The molecule has 27 heavy (non-hydrogen) atoms. The summed E-state index contributed by atoms with van der Waals surface area (Å²) in [4.78, 5) is 12.8. The highest BCUT2D eigenvalue weighted by molar-refractivity contribution is 7.89. The monoisotopic (exact) mass is 391 g/mol. The van der Waals surface area contributed by atoms with Gasteiger partial charge in [-0.25, -0.2) is 8.42 Å². The summed E-state index contributed by atoms with van der Waals surface area (Å²) in [6, 6.07) is 7.63. The van der Waals surface area contributed by atoms with Gasteiger partial charge in [0.25, 0.3) is 5.91 Å². The summed E-state index contributed by atoms with van der Waals surface area (Å²) in [5.41, 5.74) is 0.520. The summed E-state index contributed by atoms with van der Waals surface area (Å²) < 4.78 is 27.1. The first-order chi connectivity index (χ1) is 12.9. The smallest absolute Gasteiger partial charge is 0.251 e. The van der Waals surface area contributed by atoms with Crippen molar-refractivity contribution in [3.8, 4) is 0 Å². The maximum absolute atomic E-state index is 12.8. The molecule has 0 saturated carbocycles. The van der Waals surface area contributed by atoms with Gasteiger partial charge in [-0.05, 0) is 68.7 Å². The highest BCUT2D eigenvalue weighted by Gasteiger charge is 2.34. The van der Waals surface area contributed by atoms with Gasteiger partial charge < -0.3 is 10.6 Å². The molecular formula is C20H29N3O3S. The van der Waals surface area contributed by atoms with E-state index in [1.54, 1.807) is 28.6 Å². The Kier molecular flexibility index (Phi) is 5.27. The molecule has 2 bridgehead atoms. The van der Waals surface area contributed by atoms with Crippen molar-refractivity contribution in [1.82, 2.24) is 14.9 Å². The fraction of sp³-hybridized carbons (Fsp3) is 0.650. The second-order valence-electron chi connectivity index (χ2n) is 8.39. The summed E-state index contributed by atoms with van der Waals surface area (Å²) in [6.07, 6.45) is 6.14. The minimum absolute atomic E-state index is 0.114. The average Bonchev–Trinajstić information content (AvgIpc) is 3.00. The highest BCUT2D eigenvalue weighted by Crippen LogP contribution is 2.27. The first kappa shape index (κ1) is 18.9. The minimum Gasteiger partial charge on any atom is -0.349 e. The van der Waals surface area contributed by atoms with E-state index < -0.39 is 10.0 Å². The predicted molar refractivity (Wildman–Crippen MR) is 104 cm³/mol. The van der Waals surface area contributed by atoms with Gasteiger partial charge in [0.1, 0.15) is 0 Å². The second kappa shape index (κ2) is 7.53. The molecule has 0 aliphatic carbocycles. The van der Waals surface area contributed by atoms with Gasteiger partial charge in [0, 0.05) is 36.8 Å². The van der Waals surface area contributed by atoms with Crippen LogP contribution in [0.4, 0.5) is 0 Å². The largest absolute Gasteiger partial charge is 0.349 e. The summed E-state index contributed by atoms with van der Waals surface area (Å²) >= 11 is 0. The third-order valence-electron chi connectivity index (χ3n) is 6.31. The number of sulfonamides is 1. The van der Waals surface area contributed by atoms with Crippen LogP contribution in [0, 0.1) is 5.92 Å². The zero-order chi connectivity index (χ0) is 19.0. The minimum atomic E-state index is -3.47. The quantitative estimate of drug-likeness (QED) is 0.824. The normalized spacial score (nSPS) is 29.6. The van der Waals surface area contributed by atoms with Crippen LogP contribution < -0.4 is 10.6 Å². The zero-order valence-corrected chi connectivity index (χ0v) is 16.7. The molecular weight excluding hydrogens is 362 g/mol. The van der Waals surface area contributed by atoms with E-state index in [2.05, 4.69) is 17.6 Å². The van der Waals surface area contributed by atoms with Crippen molar-refractivity contribution < 1.29 is 13.2 Å². The van der Waals surface area contributed by atoms with Crippen molar-refractivity contribution in [2.75, 3.05) is 13.1 Å². The highest BCUT2D eigenvalue weighted by atomic mass is 32.2. The maximum Gasteiger partial charge on any atom is 0.251 e. The Morgan fingerprint density at radius 2 is 1.63 bits per heavy atom. The number of rotatable bonds is 4. The molecule has 0 aromatic heterocycles. The summed E-state index contributed by atoms with van der Waals surface area (Å²) in [7, 11) is -3.47. The van der Waals surface area contributed by atoms with E-state index in [4.69, 9.17) is 0 Å². The van der Waals surface area contributed by atoms with E-state index in [1.807, 2.05) is 0 Å². The molecule has 7 heteroatoms. The number of nitrogens with one attached hydrogen (secondary N) is 2. The number of fused-ring (bicyclic) bond motifs is 2. The molecule has 3 fully saturated rings. The fourth-order valence-electron chi connectivity index (χ4n) is 4.60. The number of benzene rings is 1. The first-order valence-electron chi connectivity index (χ1n) is 10.1. The molecule has 3 saturated heterocycles. The molecule has 4 rings (SSSR count). The molecule has 3 heterocycles. The Hall–Kier alpha value is -1.44. The molecule has 3 aliphatic heterocycles. The fourth-order valence-corrected chi connectivity index (χ4v) is 6.07. The van der Waals surface area contributed by atoms with Crippen LogP contribution in [-0.4, -0.2) is 49.8 Å². The Morgan fingerprint density at radius 3 is 2.22 bits per heavy atom. The van der Waals surface area contributed by atoms with Gasteiger partial charge in [0.15, 0.2) is 0 Å². The summed E-state index contributed by atoms with van der Waals surface area (Å²) in [5.74, 6) is 0.463. The molecule has 148 valence electrons. The van der Waals surface area contributed by atoms with Crippen LogP contribution in [0.5, 0.6) is 0 Å². The van der Waals surface area contributed by atoms with Gasteiger partial charge in [0.05, 0.1) is 4.90 Å². The van der Waals surface area contributed by atoms with Gasteiger partial charge in [-0.15, -0.1) is 0 Å². The van der Waals surface area contributed by atoms with Crippen molar-refractivity contribution in [2.45, 2.75) is 68.5 Å². The molecule has 0 radical (unpaired) electrons. The van der Waals surface area contributed by atoms with Gasteiger partial charge >= 0.3 is 0 Å².